The van der Waals surface area contributed by atoms with Crippen molar-refractivity contribution in [3.63, 3.8) is 0 Å². The zero-order valence-corrected chi connectivity index (χ0v) is 15.4. The fourth-order valence-electron chi connectivity index (χ4n) is 2.61. The molecule has 3 rings (SSSR count). The predicted octanol–water partition coefficient (Wildman–Crippen LogP) is 3.47. The third-order valence-corrected chi connectivity index (χ3v) is 4.94. The van der Waals surface area contributed by atoms with Gasteiger partial charge in [-0.2, -0.15) is 0 Å². The van der Waals surface area contributed by atoms with Crippen LogP contribution in [0.5, 0.6) is 5.75 Å². The Morgan fingerprint density at radius 3 is 2.23 bits per heavy atom. The van der Waals surface area contributed by atoms with Crippen LogP contribution < -0.4 is 10.2 Å². The van der Waals surface area contributed by atoms with Crippen molar-refractivity contribution in [1.29, 1.82) is 0 Å². The van der Waals surface area contributed by atoms with Crippen LogP contribution >= 0.6 is 0 Å². The van der Waals surface area contributed by atoms with Crippen LogP contribution in [0.4, 0.5) is 5.69 Å². The Balaban J connectivity index is 1.67. The Hall–Kier alpha value is -2.38. The minimum atomic E-state index is -0.442. The highest BCUT2D eigenvalue weighted by Crippen LogP contribution is 2.36. The molecule has 1 fully saturated rings. The normalized spacial score (nSPS) is 17.9. The lowest BCUT2D eigenvalue weighted by Gasteiger charge is -2.32. The summed E-state index contributed by atoms with van der Waals surface area (Å²) in [4.78, 5) is 10.3. The molecule has 0 spiro atoms. The molecule has 1 aliphatic heterocycles. The molecule has 0 N–H and O–H groups in total. The number of non-ortho nitro benzene ring substituents is 1. The van der Waals surface area contributed by atoms with Gasteiger partial charge < -0.3 is 14.0 Å². The number of nitrogens with zero attached hydrogens (tertiary/aromatic N) is 1. The van der Waals surface area contributed by atoms with E-state index in [1.54, 1.807) is 12.1 Å². The van der Waals surface area contributed by atoms with Gasteiger partial charge in [-0.3, -0.25) is 10.1 Å². The van der Waals surface area contributed by atoms with E-state index in [-0.39, 0.29) is 5.69 Å². The molecule has 7 heteroatoms. The number of rotatable bonds is 5. The average Bonchev–Trinajstić information content (AvgIpc) is 2.81. The lowest BCUT2D eigenvalue weighted by Crippen LogP contribution is -2.41. The van der Waals surface area contributed by atoms with E-state index in [4.69, 9.17) is 14.0 Å². The van der Waals surface area contributed by atoms with Gasteiger partial charge in [0.15, 0.2) is 0 Å². The monoisotopic (exact) mass is 355 g/mol. The van der Waals surface area contributed by atoms with Crippen LogP contribution in [0.3, 0.4) is 0 Å². The number of hydrogen-bond donors (Lipinski definition) is 0. The second-order valence-corrected chi connectivity index (χ2v) is 7.37. The van der Waals surface area contributed by atoms with Crippen molar-refractivity contribution in [3.05, 3.63) is 64.2 Å². The molecular formula is C19H22BNO5. The summed E-state index contributed by atoms with van der Waals surface area (Å²) in [6, 6.07) is 13.9. The Bertz CT molecular complexity index is 788. The van der Waals surface area contributed by atoms with Gasteiger partial charge in [-0.1, -0.05) is 12.1 Å². The maximum atomic E-state index is 10.7. The van der Waals surface area contributed by atoms with E-state index in [0.717, 1.165) is 11.0 Å². The molecule has 1 heterocycles. The SMILES string of the molecule is CC1(C)OB(c2cccc(OCc3ccc([N+](=O)[O-])cc3)c2)OC1(C)C. The Kier molecular flexibility index (Phi) is 4.77. The van der Waals surface area contributed by atoms with Gasteiger partial charge in [0.2, 0.25) is 0 Å². The lowest BCUT2D eigenvalue weighted by molar-refractivity contribution is -0.384. The molecule has 0 saturated carbocycles. The lowest BCUT2D eigenvalue weighted by atomic mass is 9.79. The predicted molar refractivity (Wildman–Crippen MR) is 99.6 cm³/mol. The molecule has 6 nitrogen and oxygen atoms in total. The van der Waals surface area contributed by atoms with E-state index in [1.807, 2.05) is 52.0 Å². The zero-order valence-electron chi connectivity index (χ0n) is 15.4. The standard InChI is InChI=1S/C19H22BNO5/c1-18(2)19(3,4)26-20(25-18)15-6-5-7-17(12-15)24-13-14-8-10-16(11-9-14)21(22)23/h5-12H,13H2,1-4H3. The summed E-state index contributed by atoms with van der Waals surface area (Å²) in [5, 5.41) is 10.7. The van der Waals surface area contributed by atoms with Crippen LogP contribution in [0.2, 0.25) is 0 Å². The molecule has 2 aromatic rings. The number of benzene rings is 2. The van der Waals surface area contributed by atoms with Crippen molar-refractivity contribution in [2.24, 2.45) is 0 Å². The van der Waals surface area contributed by atoms with Gasteiger partial charge in [-0.15, -0.1) is 0 Å². The highest BCUT2D eigenvalue weighted by molar-refractivity contribution is 6.62. The largest absolute Gasteiger partial charge is 0.494 e. The van der Waals surface area contributed by atoms with E-state index in [9.17, 15) is 10.1 Å². The van der Waals surface area contributed by atoms with Gasteiger partial charge in [-0.05, 0) is 63.0 Å². The minimum absolute atomic E-state index is 0.0662. The number of nitro benzene ring substituents is 1. The van der Waals surface area contributed by atoms with Crippen LogP contribution in [0.15, 0.2) is 48.5 Å². The summed E-state index contributed by atoms with van der Waals surface area (Å²) in [6.07, 6.45) is 0. The first-order valence-electron chi connectivity index (χ1n) is 8.50. The molecule has 2 aromatic carbocycles. The van der Waals surface area contributed by atoms with E-state index in [0.29, 0.717) is 12.4 Å². The number of hydrogen-bond acceptors (Lipinski definition) is 5. The van der Waals surface area contributed by atoms with Gasteiger partial charge in [0.25, 0.3) is 5.69 Å². The van der Waals surface area contributed by atoms with Crippen molar-refractivity contribution in [2.75, 3.05) is 0 Å². The van der Waals surface area contributed by atoms with Gasteiger partial charge in [-0.25, -0.2) is 0 Å². The Morgan fingerprint density at radius 2 is 1.65 bits per heavy atom. The fourth-order valence-corrected chi connectivity index (χ4v) is 2.61. The fraction of sp³-hybridized carbons (Fsp3) is 0.368. The summed E-state index contributed by atoms with van der Waals surface area (Å²) < 4.78 is 17.9. The zero-order chi connectivity index (χ0) is 18.9. The van der Waals surface area contributed by atoms with Crippen molar-refractivity contribution in [1.82, 2.24) is 0 Å². The van der Waals surface area contributed by atoms with Crippen molar-refractivity contribution < 1.29 is 19.0 Å². The van der Waals surface area contributed by atoms with Crippen LogP contribution in [-0.2, 0) is 15.9 Å². The molecular weight excluding hydrogens is 333 g/mol. The number of nitro groups is 1. The van der Waals surface area contributed by atoms with Crippen LogP contribution in [0.25, 0.3) is 0 Å². The van der Waals surface area contributed by atoms with Gasteiger partial charge in [0, 0.05) is 12.1 Å². The first kappa shape index (κ1) is 18.4. The third-order valence-electron chi connectivity index (χ3n) is 4.94. The summed E-state index contributed by atoms with van der Waals surface area (Å²) in [5.74, 6) is 0.690. The average molecular weight is 355 g/mol. The third kappa shape index (κ3) is 3.74. The molecule has 0 unspecified atom stereocenters. The maximum absolute atomic E-state index is 10.7. The molecule has 1 aliphatic rings. The first-order valence-corrected chi connectivity index (χ1v) is 8.50. The van der Waals surface area contributed by atoms with E-state index < -0.39 is 23.2 Å². The first-order chi connectivity index (χ1) is 12.2. The summed E-state index contributed by atoms with van der Waals surface area (Å²) in [5.41, 5.74) is 1.03. The smallest absolute Gasteiger partial charge is 0.489 e. The van der Waals surface area contributed by atoms with Crippen molar-refractivity contribution >= 4 is 18.3 Å². The van der Waals surface area contributed by atoms with E-state index in [1.165, 1.54) is 12.1 Å². The van der Waals surface area contributed by atoms with E-state index in [2.05, 4.69) is 0 Å². The van der Waals surface area contributed by atoms with Gasteiger partial charge in [0.1, 0.15) is 12.4 Å². The second-order valence-electron chi connectivity index (χ2n) is 7.37. The van der Waals surface area contributed by atoms with Crippen molar-refractivity contribution in [3.8, 4) is 5.75 Å². The highest BCUT2D eigenvalue weighted by Gasteiger charge is 2.51. The van der Waals surface area contributed by atoms with Crippen LogP contribution in [-0.4, -0.2) is 23.2 Å². The van der Waals surface area contributed by atoms with Crippen LogP contribution in [0, 0.1) is 10.1 Å². The molecule has 26 heavy (non-hydrogen) atoms. The molecule has 0 aliphatic carbocycles. The molecule has 0 aromatic heterocycles. The summed E-state index contributed by atoms with van der Waals surface area (Å²) in [7, 11) is -0.442. The number of ether oxygens (including phenoxy) is 1. The van der Waals surface area contributed by atoms with Crippen LogP contribution in [0.1, 0.15) is 33.3 Å². The Morgan fingerprint density at radius 1 is 1.04 bits per heavy atom. The Labute approximate surface area is 153 Å². The molecule has 0 atom stereocenters. The molecule has 0 amide bonds. The van der Waals surface area contributed by atoms with Gasteiger partial charge in [0.05, 0.1) is 16.1 Å². The van der Waals surface area contributed by atoms with E-state index >= 15 is 0 Å². The molecule has 136 valence electrons. The second kappa shape index (κ2) is 6.74. The topological polar surface area (TPSA) is 70.8 Å². The summed E-state index contributed by atoms with van der Waals surface area (Å²) in [6.45, 7) is 8.39. The quantitative estimate of drug-likeness (QED) is 0.467. The molecule has 0 radical (unpaired) electrons. The van der Waals surface area contributed by atoms with Gasteiger partial charge >= 0.3 is 7.12 Å². The molecule has 1 saturated heterocycles. The maximum Gasteiger partial charge on any atom is 0.494 e. The summed E-state index contributed by atoms with van der Waals surface area (Å²) >= 11 is 0. The highest BCUT2D eigenvalue weighted by atomic mass is 16.7. The molecule has 0 bridgehead atoms. The minimum Gasteiger partial charge on any atom is -0.489 e. The van der Waals surface area contributed by atoms with Crippen molar-refractivity contribution in [2.45, 2.75) is 45.5 Å².